The number of nitrogens with one attached hydrogen (secondary N) is 3. The van der Waals surface area contributed by atoms with E-state index in [1.807, 2.05) is 36.0 Å². The second kappa shape index (κ2) is 9.16. The van der Waals surface area contributed by atoms with Crippen molar-refractivity contribution in [2.45, 2.75) is 49.4 Å². The van der Waals surface area contributed by atoms with Gasteiger partial charge in [-0.15, -0.1) is 0 Å². The van der Waals surface area contributed by atoms with Gasteiger partial charge in [0.15, 0.2) is 0 Å². The minimum absolute atomic E-state index is 0.0419. The average Bonchev–Trinajstić information content (AvgIpc) is 3.18. The number of benzene rings is 1. The summed E-state index contributed by atoms with van der Waals surface area (Å²) < 4.78 is 5.32. The van der Waals surface area contributed by atoms with Crippen molar-refractivity contribution >= 4 is 23.7 Å². The molecule has 3 rings (SSSR count). The summed E-state index contributed by atoms with van der Waals surface area (Å²) in [5, 5.41) is 9.42. The van der Waals surface area contributed by atoms with E-state index >= 15 is 0 Å². The molecular formula is C19H27N3O3S. The number of hydrogen-bond acceptors (Lipinski definition) is 4. The van der Waals surface area contributed by atoms with Gasteiger partial charge in [0.05, 0.1) is 19.2 Å². The molecule has 0 spiro atoms. The maximum Gasteiger partial charge on any atom is 0.315 e. The summed E-state index contributed by atoms with van der Waals surface area (Å²) in [6.07, 6.45) is 4.27. The average molecular weight is 378 g/mol. The molecule has 0 unspecified atom stereocenters. The number of thioether (sulfide) groups is 1. The molecular weight excluding hydrogens is 350 g/mol. The van der Waals surface area contributed by atoms with Crippen LogP contribution in [0.5, 0.6) is 5.75 Å². The first-order valence-electron chi connectivity index (χ1n) is 9.24. The third-order valence-electron chi connectivity index (χ3n) is 4.99. The maximum atomic E-state index is 12.0. The quantitative estimate of drug-likeness (QED) is 0.455. The number of carbonyl (C=O) groups is 2. The van der Waals surface area contributed by atoms with Crippen LogP contribution in [0.4, 0.5) is 4.79 Å². The summed E-state index contributed by atoms with van der Waals surface area (Å²) in [5.41, 5.74) is 1.11. The van der Waals surface area contributed by atoms with Gasteiger partial charge in [-0.3, -0.25) is 4.79 Å². The predicted octanol–water partition coefficient (Wildman–Crippen LogP) is 2.08. The first-order valence-corrected chi connectivity index (χ1v) is 10.3. The molecule has 0 aromatic heterocycles. The van der Waals surface area contributed by atoms with Gasteiger partial charge in [-0.25, -0.2) is 4.79 Å². The summed E-state index contributed by atoms with van der Waals surface area (Å²) >= 11 is 1.92. The molecule has 2 fully saturated rings. The van der Waals surface area contributed by atoms with E-state index in [1.54, 1.807) is 7.11 Å². The molecule has 6 nitrogen and oxygen atoms in total. The predicted molar refractivity (Wildman–Crippen MR) is 104 cm³/mol. The normalized spacial score (nSPS) is 23.9. The fraction of sp³-hybridized carbons (Fsp3) is 0.579. The van der Waals surface area contributed by atoms with E-state index in [9.17, 15) is 9.59 Å². The molecule has 1 aromatic carbocycles. The molecule has 7 heteroatoms. The van der Waals surface area contributed by atoms with E-state index in [0.29, 0.717) is 18.2 Å². The molecule has 3 amide bonds. The number of urea groups is 1. The minimum Gasteiger partial charge on any atom is -0.496 e. The van der Waals surface area contributed by atoms with Gasteiger partial charge in [0.25, 0.3) is 0 Å². The number of ether oxygens (including phenoxy) is 1. The number of hydrogen-bond donors (Lipinski definition) is 3. The van der Waals surface area contributed by atoms with Crippen molar-refractivity contribution in [3.05, 3.63) is 29.8 Å². The van der Waals surface area contributed by atoms with E-state index in [2.05, 4.69) is 16.0 Å². The Morgan fingerprint density at radius 2 is 2.15 bits per heavy atom. The van der Waals surface area contributed by atoms with Crippen molar-refractivity contribution in [3.8, 4) is 5.75 Å². The highest BCUT2D eigenvalue weighted by molar-refractivity contribution is 8.00. The lowest BCUT2D eigenvalue weighted by molar-refractivity contribution is -0.121. The van der Waals surface area contributed by atoms with E-state index in [-0.39, 0.29) is 24.0 Å². The molecule has 1 aromatic rings. The lowest BCUT2D eigenvalue weighted by Crippen LogP contribution is -2.36. The SMILES string of the molecule is COc1ccccc1CCNC(=O)CCCC[C@H]1SC[C@@H]2NC(=O)N[C@H]21. The van der Waals surface area contributed by atoms with Crippen LogP contribution in [-0.2, 0) is 11.2 Å². The maximum absolute atomic E-state index is 12.0. The molecule has 2 aliphatic heterocycles. The number of rotatable bonds is 9. The second-order valence-electron chi connectivity index (χ2n) is 6.78. The molecule has 0 bridgehead atoms. The van der Waals surface area contributed by atoms with Gasteiger partial charge in [-0.05, 0) is 30.9 Å². The second-order valence-corrected chi connectivity index (χ2v) is 8.05. The zero-order valence-electron chi connectivity index (χ0n) is 15.1. The van der Waals surface area contributed by atoms with Gasteiger partial charge < -0.3 is 20.7 Å². The molecule has 2 heterocycles. The molecule has 0 aliphatic carbocycles. The zero-order chi connectivity index (χ0) is 18.4. The number of amides is 3. The van der Waals surface area contributed by atoms with Gasteiger partial charge in [-0.1, -0.05) is 24.6 Å². The third-order valence-corrected chi connectivity index (χ3v) is 6.50. The van der Waals surface area contributed by atoms with Crippen LogP contribution >= 0.6 is 11.8 Å². The van der Waals surface area contributed by atoms with E-state index in [0.717, 1.165) is 42.7 Å². The Morgan fingerprint density at radius 3 is 3.00 bits per heavy atom. The van der Waals surface area contributed by atoms with Gasteiger partial charge in [0, 0.05) is 24.0 Å². The highest BCUT2D eigenvalue weighted by atomic mass is 32.2. The molecule has 2 aliphatic rings. The van der Waals surface area contributed by atoms with Gasteiger partial charge >= 0.3 is 6.03 Å². The monoisotopic (exact) mass is 377 g/mol. The molecule has 2 saturated heterocycles. The largest absolute Gasteiger partial charge is 0.496 e. The smallest absolute Gasteiger partial charge is 0.315 e. The summed E-state index contributed by atoms with van der Waals surface area (Å²) in [6, 6.07) is 8.36. The molecule has 3 N–H and O–H groups in total. The third kappa shape index (κ3) is 4.84. The Kier molecular flexibility index (Phi) is 6.66. The highest BCUT2D eigenvalue weighted by Gasteiger charge is 2.42. The first kappa shape index (κ1) is 18.9. The van der Waals surface area contributed by atoms with Crippen LogP contribution < -0.4 is 20.7 Å². The number of para-hydroxylation sites is 1. The van der Waals surface area contributed by atoms with E-state index in [1.165, 1.54) is 0 Å². The topological polar surface area (TPSA) is 79.5 Å². The highest BCUT2D eigenvalue weighted by Crippen LogP contribution is 2.33. The number of unbranched alkanes of at least 4 members (excludes halogenated alkanes) is 1. The Labute approximate surface area is 158 Å². The summed E-state index contributed by atoms with van der Waals surface area (Å²) in [6.45, 7) is 0.624. The fourth-order valence-corrected chi connectivity index (χ4v) is 5.15. The zero-order valence-corrected chi connectivity index (χ0v) is 15.9. The van der Waals surface area contributed by atoms with E-state index < -0.39 is 0 Å². The lowest BCUT2D eigenvalue weighted by Gasteiger charge is -2.16. The Bertz CT molecular complexity index is 640. The van der Waals surface area contributed by atoms with E-state index in [4.69, 9.17) is 4.74 Å². The van der Waals surface area contributed by atoms with Gasteiger partial charge in [-0.2, -0.15) is 11.8 Å². The lowest BCUT2D eigenvalue weighted by atomic mass is 10.0. The molecule has 0 saturated carbocycles. The van der Waals surface area contributed by atoms with Crippen LogP contribution in [0, 0.1) is 0 Å². The van der Waals surface area contributed by atoms with Crippen molar-refractivity contribution in [1.82, 2.24) is 16.0 Å². The standard InChI is InChI=1S/C19H27N3O3S/c1-25-15-7-3-2-6-13(15)10-11-20-17(23)9-5-4-8-16-18-14(12-26-16)21-19(24)22-18/h2-3,6-7,14,16,18H,4-5,8-12H2,1H3,(H,20,23)(H2,21,22,24)/t14-,16+,18+/m0/s1. The molecule has 142 valence electrons. The van der Waals surface area contributed by atoms with Crippen LogP contribution in [0.25, 0.3) is 0 Å². The van der Waals surface area contributed by atoms with Crippen molar-refractivity contribution in [2.75, 3.05) is 19.4 Å². The van der Waals surface area contributed by atoms with Gasteiger partial charge in [0.1, 0.15) is 5.75 Å². The van der Waals surface area contributed by atoms with Crippen LogP contribution in [0.15, 0.2) is 24.3 Å². The Hall–Kier alpha value is -1.89. The van der Waals surface area contributed by atoms with Gasteiger partial charge in [0.2, 0.25) is 5.91 Å². The summed E-state index contributed by atoms with van der Waals surface area (Å²) in [7, 11) is 1.66. The van der Waals surface area contributed by atoms with Crippen molar-refractivity contribution in [3.63, 3.8) is 0 Å². The summed E-state index contributed by atoms with van der Waals surface area (Å²) in [5.74, 6) is 1.95. The fourth-order valence-electron chi connectivity index (χ4n) is 3.61. The number of methoxy groups -OCH3 is 1. The Balaban J connectivity index is 1.28. The van der Waals surface area contributed by atoms with Crippen LogP contribution in [0.3, 0.4) is 0 Å². The van der Waals surface area contributed by atoms with Crippen molar-refractivity contribution in [1.29, 1.82) is 0 Å². The first-order chi connectivity index (χ1) is 12.7. The van der Waals surface area contributed by atoms with Crippen molar-refractivity contribution < 1.29 is 14.3 Å². The number of carbonyl (C=O) groups excluding carboxylic acids is 2. The van der Waals surface area contributed by atoms with Crippen molar-refractivity contribution in [2.24, 2.45) is 0 Å². The Morgan fingerprint density at radius 1 is 1.31 bits per heavy atom. The molecule has 26 heavy (non-hydrogen) atoms. The summed E-state index contributed by atoms with van der Waals surface area (Å²) in [4.78, 5) is 23.4. The van der Waals surface area contributed by atoms with Crippen LogP contribution in [0.2, 0.25) is 0 Å². The molecule has 0 radical (unpaired) electrons. The van der Waals surface area contributed by atoms with Crippen LogP contribution in [-0.4, -0.2) is 48.7 Å². The van der Waals surface area contributed by atoms with Crippen LogP contribution in [0.1, 0.15) is 31.2 Å². The molecule has 3 atom stereocenters. The number of fused-ring (bicyclic) bond motifs is 1. The minimum atomic E-state index is -0.0419.